The van der Waals surface area contributed by atoms with Gasteiger partial charge in [0.2, 0.25) is 0 Å². The Balaban J connectivity index is 1.91. The van der Waals surface area contributed by atoms with Crippen LogP contribution in [0.5, 0.6) is 0 Å². The van der Waals surface area contributed by atoms with E-state index in [2.05, 4.69) is 4.98 Å². The highest BCUT2D eigenvalue weighted by atomic mass is 35.5. The number of aromatic nitrogens is 1. The monoisotopic (exact) mass is 197 g/mol. The van der Waals surface area contributed by atoms with Gasteiger partial charge in [0, 0.05) is 11.9 Å². The second-order valence-electron chi connectivity index (χ2n) is 3.69. The maximum atomic E-state index is 9.59. The topological polar surface area (TPSA) is 33.1 Å². The zero-order valence-electron chi connectivity index (χ0n) is 7.33. The highest BCUT2D eigenvalue weighted by Gasteiger charge is 2.39. The number of pyridine rings is 1. The predicted octanol–water partition coefficient (Wildman–Crippen LogP) is 2.19. The lowest BCUT2D eigenvalue weighted by Gasteiger charge is -2.05. The fourth-order valence-corrected chi connectivity index (χ4v) is 1.42. The number of aryl methyl sites for hydroxylation is 1. The lowest BCUT2D eigenvalue weighted by molar-refractivity contribution is 0.140. The van der Waals surface area contributed by atoms with Gasteiger partial charge in [-0.25, -0.2) is 0 Å². The molecule has 1 aliphatic carbocycles. The molecular weight excluding hydrogens is 186 g/mol. The number of halogens is 1. The normalized spacial score (nSPS) is 18.6. The van der Waals surface area contributed by atoms with Gasteiger partial charge in [0.1, 0.15) is 0 Å². The minimum atomic E-state index is -0.374. The zero-order valence-corrected chi connectivity index (χ0v) is 8.09. The molecule has 0 unspecified atom stereocenters. The maximum Gasteiger partial charge on any atom is 0.0653 e. The summed E-state index contributed by atoms with van der Waals surface area (Å²) >= 11 is 5.70. The van der Waals surface area contributed by atoms with Gasteiger partial charge in [0.15, 0.2) is 0 Å². The van der Waals surface area contributed by atoms with Gasteiger partial charge in [-0.2, -0.15) is 0 Å². The lowest BCUT2D eigenvalue weighted by Crippen LogP contribution is -2.08. The van der Waals surface area contributed by atoms with Gasteiger partial charge in [-0.15, -0.1) is 0 Å². The Morgan fingerprint density at radius 1 is 1.46 bits per heavy atom. The van der Waals surface area contributed by atoms with E-state index in [0.717, 1.165) is 31.4 Å². The summed E-state index contributed by atoms with van der Waals surface area (Å²) in [5, 5.41) is 10.3. The number of hydrogen-bond acceptors (Lipinski definition) is 2. The maximum absolute atomic E-state index is 9.59. The van der Waals surface area contributed by atoms with Gasteiger partial charge >= 0.3 is 0 Å². The summed E-state index contributed by atoms with van der Waals surface area (Å²) in [6.45, 7) is 0. The fraction of sp³-hybridized carbons (Fsp3) is 0.500. The van der Waals surface area contributed by atoms with Crippen molar-refractivity contribution in [3.8, 4) is 0 Å². The van der Waals surface area contributed by atoms with Crippen LogP contribution < -0.4 is 0 Å². The van der Waals surface area contributed by atoms with Crippen LogP contribution >= 0.6 is 11.6 Å². The third kappa shape index (κ3) is 2.42. The Bertz CT molecular complexity index is 292. The third-order valence-electron chi connectivity index (χ3n) is 2.46. The molecule has 1 aliphatic rings. The Labute approximate surface area is 82.6 Å². The molecule has 0 bridgehead atoms. The molecule has 2 rings (SSSR count). The van der Waals surface area contributed by atoms with E-state index in [4.69, 9.17) is 11.6 Å². The molecule has 1 fully saturated rings. The molecule has 0 aromatic carbocycles. The standard InChI is InChI=1S/C10H12ClNO/c11-8-1-2-9(12-7-8)3-4-10(13)5-6-10/h1-2,7,13H,3-6H2. The molecule has 2 nitrogen and oxygen atoms in total. The van der Waals surface area contributed by atoms with Crippen molar-refractivity contribution in [3.05, 3.63) is 29.0 Å². The van der Waals surface area contributed by atoms with Gasteiger partial charge in [-0.3, -0.25) is 4.98 Å². The molecule has 0 spiro atoms. The van der Waals surface area contributed by atoms with Crippen LogP contribution in [0.3, 0.4) is 0 Å². The summed E-state index contributed by atoms with van der Waals surface area (Å²) in [5.41, 5.74) is 0.631. The van der Waals surface area contributed by atoms with Crippen LogP contribution in [0.25, 0.3) is 0 Å². The lowest BCUT2D eigenvalue weighted by atomic mass is 10.1. The van der Waals surface area contributed by atoms with E-state index in [-0.39, 0.29) is 5.60 Å². The summed E-state index contributed by atoms with van der Waals surface area (Å²) in [6, 6.07) is 3.74. The first-order chi connectivity index (χ1) is 6.18. The molecule has 13 heavy (non-hydrogen) atoms. The Kier molecular flexibility index (Phi) is 2.26. The van der Waals surface area contributed by atoms with Crippen molar-refractivity contribution in [2.45, 2.75) is 31.3 Å². The Hall–Kier alpha value is -0.600. The summed E-state index contributed by atoms with van der Waals surface area (Å²) in [7, 11) is 0. The van der Waals surface area contributed by atoms with Crippen LogP contribution in [0, 0.1) is 0 Å². The average Bonchev–Trinajstić information content (AvgIpc) is 2.84. The van der Waals surface area contributed by atoms with Crippen LogP contribution in [0.1, 0.15) is 25.0 Å². The molecule has 0 radical (unpaired) electrons. The van der Waals surface area contributed by atoms with Crippen molar-refractivity contribution in [2.24, 2.45) is 0 Å². The Morgan fingerprint density at radius 3 is 2.77 bits per heavy atom. The van der Waals surface area contributed by atoms with Crippen LogP contribution in [0.15, 0.2) is 18.3 Å². The van der Waals surface area contributed by atoms with E-state index in [1.807, 2.05) is 12.1 Å². The number of aliphatic hydroxyl groups is 1. The summed E-state index contributed by atoms with van der Waals surface area (Å²) in [4.78, 5) is 4.17. The van der Waals surface area contributed by atoms with Crippen LogP contribution in [0.2, 0.25) is 5.02 Å². The quantitative estimate of drug-likeness (QED) is 0.806. The zero-order chi connectivity index (χ0) is 9.31. The molecule has 1 aromatic heterocycles. The summed E-state index contributed by atoms with van der Waals surface area (Å²) in [6.07, 6.45) is 5.20. The van der Waals surface area contributed by atoms with Crippen molar-refractivity contribution in [1.82, 2.24) is 4.98 Å². The Morgan fingerprint density at radius 2 is 2.23 bits per heavy atom. The van der Waals surface area contributed by atoms with Crippen molar-refractivity contribution in [2.75, 3.05) is 0 Å². The summed E-state index contributed by atoms with van der Waals surface area (Å²) in [5.74, 6) is 0. The van der Waals surface area contributed by atoms with E-state index in [1.54, 1.807) is 6.20 Å². The largest absolute Gasteiger partial charge is 0.390 e. The molecule has 70 valence electrons. The van der Waals surface area contributed by atoms with Crippen molar-refractivity contribution < 1.29 is 5.11 Å². The van der Waals surface area contributed by atoms with Crippen molar-refractivity contribution in [3.63, 3.8) is 0 Å². The van der Waals surface area contributed by atoms with Gasteiger partial charge in [-0.05, 0) is 37.8 Å². The predicted molar refractivity (Wildman–Crippen MR) is 51.8 cm³/mol. The van der Waals surface area contributed by atoms with Crippen molar-refractivity contribution >= 4 is 11.6 Å². The molecule has 1 N–H and O–H groups in total. The van der Waals surface area contributed by atoms with Gasteiger partial charge in [0.25, 0.3) is 0 Å². The first kappa shape index (κ1) is 8.97. The molecule has 0 amide bonds. The second kappa shape index (κ2) is 3.28. The van der Waals surface area contributed by atoms with E-state index in [1.165, 1.54) is 0 Å². The van der Waals surface area contributed by atoms with Gasteiger partial charge in [0.05, 0.1) is 10.6 Å². The van der Waals surface area contributed by atoms with Gasteiger partial charge < -0.3 is 5.11 Å². The number of nitrogens with zero attached hydrogens (tertiary/aromatic N) is 1. The molecule has 3 heteroatoms. The van der Waals surface area contributed by atoms with E-state index in [0.29, 0.717) is 5.02 Å². The summed E-state index contributed by atoms with van der Waals surface area (Å²) < 4.78 is 0. The molecule has 0 aliphatic heterocycles. The molecule has 1 saturated carbocycles. The minimum Gasteiger partial charge on any atom is -0.390 e. The molecule has 1 aromatic rings. The first-order valence-electron chi connectivity index (χ1n) is 4.51. The molecular formula is C10H12ClNO. The second-order valence-corrected chi connectivity index (χ2v) is 4.13. The number of rotatable bonds is 3. The molecule has 0 saturated heterocycles. The minimum absolute atomic E-state index is 0.374. The fourth-order valence-electron chi connectivity index (χ4n) is 1.31. The third-order valence-corrected chi connectivity index (χ3v) is 2.69. The van der Waals surface area contributed by atoms with Crippen molar-refractivity contribution in [1.29, 1.82) is 0 Å². The van der Waals surface area contributed by atoms with E-state index in [9.17, 15) is 5.11 Å². The van der Waals surface area contributed by atoms with Crippen LogP contribution in [-0.2, 0) is 6.42 Å². The van der Waals surface area contributed by atoms with E-state index >= 15 is 0 Å². The SMILES string of the molecule is OC1(CCc2ccc(Cl)cn2)CC1. The molecule has 1 heterocycles. The van der Waals surface area contributed by atoms with Crippen LogP contribution in [-0.4, -0.2) is 15.7 Å². The number of hydrogen-bond donors (Lipinski definition) is 1. The average molecular weight is 198 g/mol. The smallest absolute Gasteiger partial charge is 0.0653 e. The highest BCUT2D eigenvalue weighted by molar-refractivity contribution is 6.30. The van der Waals surface area contributed by atoms with Crippen LogP contribution in [0.4, 0.5) is 0 Å². The van der Waals surface area contributed by atoms with Gasteiger partial charge in [-0.1, -0.05) is 11.6 Å². The molecule has 0 atom stereocenters. The first-order valence-corrected chi connectivity index (χ1v) is 4.89. The van der Waals surface area contributed by atoms with E-state index < -0.39 is 0 Å². The highest BCUT2D eigenvalue weighted by Crippen LogP contribution is 2.38.